The molecule has 138 valence electrons. The fourth-order valence-electron chi connectivity index (χ4n) is 2.94. The van der Waals surface area contributed by atoms with Crippen molar-refractivity contribution in [2.24, 2.45) is 9.98 Å². The van der Waals surface area contributed by atoms with Gasteiger partial charge in [0.25, 0.3) is 0 Å². The van der Waals surface area contributed by atoms with Crippen molar-refractivity contribution < 1.29 is 10.2 Å². The van der Waals surface area contributed by atoms with E-state index in [9.17, 15) is 10.2 Å². The standard InChI is InChI=1S/C22H28N2O2/c1-5-17-9-15(3)11-19(21(17)25)13-23-7-8-24-14-20-12-16(4)10-18(6-2)22(20)26/h9-14,25-26H,5-8H2,1-4H3. The Morgan fingerprint density at radius 2 is 1.12 bits per heavy atom. The second-order valence-electron chi connectivity index (χ2n) is 6.50. The van der Waals surface area contributed by atoms with Gasteiger partial charge in [0.15, 0.2) is 0 Å². The number of nitrogens with zero attached hydrogens (tertiary/aromatic N) is 2. The molecule has 0 aliphatic rings. The van der Waals surface area contributed by atoms with E-state index in [-0.39, 0.29) is 0 Å². The molecule has 0 unspecified atom stereocenters. The van der Waals surface area contributed by atoms with Crippen LogP contribution in [0.2, 0.25) is 0 Å². The molecule has 0 saturated carbocycles. The summed E-state index contributed by atoms with van der Waals surface area (Å²) in [6, 6.07) is 7.85. The van der Waals surface area contributed by atoms with E-state index >= 15 is 0 Å². The average Bonchev–Trinajstić information content (AvgIpc) is 2.62. The monoisotopic (exact) mass is 352 g/mol. The van der Waals surface area contributed by atoms with Crippen LogP contribution in [0.4, 0.5) is 0 Å². The molecule has 2 aromatic rings. The summed E-state index contributed by atoms with van der Waals surface area (Å²) in [6.07, 6.45) is 4.99. The van der Waals surface area contributed by atoms with E-state index in [1.165, 1.54) is 0 Å². The van der Waals surface area contributed by atoms with E-state index in [1.54, 1.807) is 12.4 Å². The number of phenolic OH excluding ortho intramolecular Hbond substituents is 2. The van der Waals surface area contributed by atoms with E-state index < -0.39 is 0 Å². The molecule has 0 fully saturated rings. The number of aryl methyl sites for hydroxylation is 4. The van der Waals surface area contributed by atoms with Gasteiger partial charge in [-0.2, -0.15) is 0 Å². The lowest BCUT2D eigenvalue weighted by Gasteiger charge is -2.07. The van der Waals surface area contributed by atoms with Gasteiger partial charge in [0, 0.05) is 23.6 Å². The molecule has 0 aromatic heterocycles. The van der Waals surface area contributed by atoms with E-state index in [4.69, 9.17) is 0 Å². The third-order valence-corrected chi connectivity index (χ3v) is 4.31. The van der Waals surface area contributed by atoms with Crippen LogP contribution in [0.5, 0.6) is 11.5 Å². The summed E-state index contributed by atoms with van der Waals surface area (Å²) in [5, 5.41) is 20.4. The predicted octanol–water partition coefficient (Wildman–Crippen LogP) is 4.38. The van der Waals surface area contributed by atoms with Gasteiger partial charge in [0.05, 0.1) is 13.1 Å². The van der Waals surface area contributed by atoms with Crippen molar-refractivity contribution in [1.29, 1.82) is 0 Å². The van der Waals surface area contributed by atoms with Crippen molar-refractivity contribution in [2.75, 3.05) is 13.1 Å². The molecule has 2 aromatic carbocycles. The lowest BCUT2D eigenvalue weighted by molar-refractivity contribution is 0.467. The molecule has 0 saturated heterocycles. The fourth-order valence-corrected chi connectivity index (χ4v) is 2.94. The molecule has 2 rings (SSSR count). The Morgan fingerprint density at radius 1 is 0.731 bits per heavy atom. The van der Waals surface area contributed by atoms with Gasteiger partial charge in [-0.15, -0.1) is 0 Å². The lowest BCUT2D eigenvalue weighted by atomic mass is 10.0. The number of aromatic hydroxyl groups is 2. The number of hydrogen-bond donors (Lipinski definition) is 2. The van der Waals surface area contributed by atoms with Gasteiger partial charge in [-0.3, -0.25) is 9.98 Å². The van der Waals surface area contributed by atoms with Crippen molar-refractivity contribution in [3.8, 4) is 11.5 Å². The molecule has 2 N–H and O–H groups in total. The molecule has 0 bridgehead atoms. The first-order valence-electron chi connectivity index (χ1n) is 9.10. The van der Waals surface area contributed by atoms with Crippen LogP contribution in [0, 0.1) is 13.8 Å². The zero-order chi connectivity index (χ0) is 19.1. The van der Waals surface area contributed by atoms with Crippen LogP contribution in [0.15, 0.2) is 34.3 Å². The van der Waals surface area contributed by atoms with Gasteiger partial charge in [-0.25, -0.2) is 0 Å². The van der Waals surface area contributed by atoms with Crippen molar-refractivity contribution in [2.45, 2.75) is 40.5 Å². The molecule has 0 radical (unpaired) electrons. The van der Waals surface area contributed by atoms with Crippen LogP contribution in [0.1, 0.15) is 47.2 Å². The minimum atomic E-state index is 0.308. The summed E-state index contributed by atoms with van der Waals surface area (Å²) in [5.41, 5.74) is 5.59. The van der Waals surface area contributed by atoms with Gasteiger partial charge in [-0.1, -0.05) is 26.0 Å². The number of benzene rings is 2. The van der Waals surface area contributed by atoms with Crippen LogP contribution in [-0.4, -0.2) is 35.7 Å². The van der Waals surface area contributed by atoms with E-state index in [0.29, 0.717) is 24.6 Å². The number of rotatable bonds is 7. The fraction of sp³-hybridized carbons (Fsp3) is 0.364. The smallest absolute Gasteiger partial charge is 0.127 e. The highest BCUT2D eigenvalue weighted by Crippen LogP contribution is 2.24. The van der Waals surface area contributed by atoms with E-state index in [2.05, 4.69) is 9.98 Å². The van der Waals surface area contributed by atoms with Gasteiger partial charge in [-0.05, 0) is 61.1 Å². The normalized spacial score (nSPS) is 11.7. The molecule has 0 amide bonds. The zero-order valence-electron chi connectivity index (χ0n) is 16.1. The molecule has 0 atom stereocenters. The van der Waals surface area contributed by atoms with Crippen LogP contribution >= 0.6 is 0 Å². The summed E-state index contributed by atoms with van der Waals surface area (Å²) in [7, 11) is 0. The minimum Gasteiger partial charge on any atom is -0.507 e. The highest BCUT2D eigenvalue weighted by atomic mass is 16.3. The number of hydrogen-bond acceptors (Lipinski definition) is 4. The first-order valence-corrected chi connectivity index (χ1v) is 9.10. The summed E-state index contributed by atoms with van der Waals surface area (Å²) in [6.45, 7) is 9.12. The Labute approximate surface area is 156 Å². The summed E-state index contributed by atoms with van der Waals surface area (Å²) < 4.78 is 0. The Hall–Kier alpha value is -2.62. The number of phenols is 2. The zero-order valence-corrected chi connectivity index (χ0v) is 16.1. The van der Waals surface area contributed by atoms with Gasteiger partial charge < -0.3 is 10.2 Å². The van der Waals surface area contributed by atoms with Crippen LogP contribution in [0.3, 0.4) is 0 Å². The Bertz CT molecular complexity index is 754. The van der Waals surface area contributed by atoms with E-state index in [1.807, 2.05) is 52.0 Å². The van der Waals surface area contributed by atoms with Crippen molar-refractivity contribution in [1.82, 2.24) is 0 Å². The predicted molar refractivity (Wildman–Crippen MR) is 109 cm³/mol. The van der Waals surface area contributed by atoms with Crippen molar-refractivity contribution >= 4 is 12.4 Å². The molecule has 4 nitrogen and oxygen atoms in total. The van der Waals surface area contributed by atoms with Gasteiger partial charge in [0.1, 0.15) is 11.5 Å². The van der Waals surface area contributed by atoms with Crippen LogP contribution in [0.25, 0.3) is 0 Å². The highest BCUT2D eigenvalue weighted by Gasteiger charge is 2.06. The third-order valence-electron chi connectivity index (χ3n) is 4.31. The van der Waals surface area contributed by atoms with Gasteiger partial charge in [0.2, 0.25) is 0 Å². The second kappa shape index (κ2) is 9.18. The van der Waals surface area contributed by atoms with Crippen LogP contribution < -0.4 is 0 Å². The molecule has 0 aliphatic heterocycles. The first kappa shape index (κ1) is 19.7. The Kier molecular flexibility index (Phi) is 6.96. The van der Waals surface area contributed by atoms with Crippen molar-refractivity contribution in [3.63, 3.8) is 0 Å². The SMILES string of the molecule is CCc1cc(C)cc(C=NCCN=Cc2cc(C)cc(CC)c2O)c1O. The topological polar surface area (TPSA) is 65.2 Å². The summed E-state index contributed by atoms with van der Waals surface area (Å²) in [4.78, 5) is 8.73. The summed E-state index contributed by atoms with van der Waals surface area (Å²) in [5.74, 6) is 0.615. The average molecular weight is 352 g/mol. The molecule has 4 heteroatoms. The maximum absolute atomic E-state index is 10.2. The molecular formula is C22H28N2O2. The molecule has 0 aliphatic carbocycles. The third kappa shape index (κ3) is 4.94. The first-order chi connectivity index (χ1) is 12.5. The maximum Gasteiger partial charge on any atom is 0.127 e. The Morgan fingerprint density at radius 3 is 1.46 bits per heavy atom. The minimum absolute atomic E-state index is 0.308. The molecule has 26 heavy (non-hydrogen) atoms. The maximum atomic E-state index is 10.2. The van der Waals surface area contributed by atoms with E-state index in [0.717, 1.165) is 46.2 Å². The molecule has 0 spiro atoms. The van der Waals surface area contributed by atoms with Gasteiger partial charge >= 0.3 is 0 Å². The Balaban J connectivity index is 1.99. The number of aliphatic imine (C=N–C) groups is 2. The lowest BCUT2D eigenvalue weighted by Crippen LogP contribution is -1.95. The second-order valence-corrected chi connectivity index (χ2v) is 6.50. The summed E-state index contributed by atoms with van der Waals surface area (Å²) >= 11 is 0. The highest BCUT2D eigenvalue weighted by molar-refractivity contribution is 5.85. The van der Waals surface area contributed by atoms with Crippen LogP contribution in [-0.2, 0) is 12.8 Å². The molecular weight excluding hydrogens is 324 g/mol. The molecule has 0 heterocycles. The van der Waals surface area contributed by atoms with Crippen molar-refractivity contribution in [3.05, 3.63) is 57.6 Å². The largest absolute Gasteiger partial charge is 0.507 e. The quantitative estimate of drug-likeness (QED) is 0.574.